The van der Waals surface area contributed by atoms with Crippen molar-refractivity contribution in [1.29, 1.82) is 0 Å². The largest absolute Gasteiger partial charge is 0.466 e. The highest BCUT2D eigenvalue weighted by Crippen LogP contribution is 2.38. The molecule has 4 rings (SSSR count). The number of methoxy groups -OCH3 is 1. The van der Waals surface area contributed by atoms with Crippen molar-refractivity contribution < 1.29 is 9.53 Å². The SMILES string of the molecule is COC(=O)C1=C(C)Nc2ncnn2C1c1cn[nH]c1-c1ccccc1. The predicted octanol–water partition coefficient (Wildman–Crippen LogP) is 2.13. The summed E-state index contributed by atoms with van der Waals surface area (Å²) in [7, 11) is 1.37. The summed E-state index contributed by atoms with van der Waals surface area (Å²) < 4.78 is 6.66. The Bertz CT molecular complexity index is 956. The van der Waals surface area contributed by atoms with Crippen molar-refractivity contribution in [3.63, 3.8) is 0 Å². The Kier molecular flexibility index (Phi) is 3.57. The van der Waals surface area contributed by atoms with Gasteiger partial charge in [0.2, 0.25) is 5.95 Å². The monoisotopic (exact) mass is 336 g/mol. The first-order chi connectivity index (χ1) is 12.2. The number of H-pyrrole nitrogens is 1. The quantitative estimate of drug-likeness (QED) is 0.711. The van der Waals surface area contributed by atoms with Crippen LogP contribution in [0.4, 0.5) is 5.95 Å². The smallest absolute Gasteiger partial charge is 0.338 e. The Labute approximate surface area is 143 Å². The van der Waals surface area contributed by atoms with Crippen molar-refractivity contribution >= 4 is 11.9 Å². The molecule has 3 aromatic rings. The maximum Gasteiger partial charge on any atom is 0.338 e. The molecule has 1 unspecified atom stereocenters. The number of fused-ring (bicyclic) bond motifs is 1. The molecule has 25 heavy (non-hydrogen) atoms. The second kappa shape index (κ2) is 5.90. The van der Waals surface area contributed by atoms with E-state index in [2.05, 4.69) is 25.6 Å². The van der Waals surface area contributed by atoms with Crippen LogP contribution in [0.25, 0.3) is 11.3 Å². The van der Waals surface area contributed by atoms with E-state index in [1.165, 1.54) is 13.4 Å². The zero-order chi connectivity index (χ0) is 17.4. The van der Waals surface area contributed by atoms with E-state index in [0.717, 1.165) is 16.8 Å². The van der Waals surface area contributed by atoms with Crippen LogP contribution in [-0.4, -0.2) is 38.0 Å². The molecule has 3 heterocycles. The summed E-state index contributed by atoms with van der Waals surface area (Å²) in [5.74, 6) is 0.145. The van der Waals surface area contributed by atoms with Gasteiger partial charge in [0.05, 0.1) is 24.6 Å². The lowest BCUT2D eigenvalue weighted by molar-refractivity contribution is -0.136. The van der Waals surface area contributed by atoms with Gasteiger partial charge in [-0.3, -0.25) is 5.10 Å². The molecule has 0 bridgehead atoms. The number of aromatic amines is 1. The lowest BCUT2D eigenvalue weighted by Gasteiger charge is -2.27. The van der Waals surface area contributed by atoms with Crippen LogP contribution in [0.15, 0.2) is 54.1 Å². The van der Waals surface area contributed by atoms with Gasteiger partial charge >= 0.3 is 5.97 Å². The number of esters is 1. The molecule has 0 radical (unpaired) electrons. The van der Waals surface area contributed by atoms with E-state index >= 15 is 0 Å². The Balaban J connectivity index is 1.92. The molecular formula is C17H16N6O2. The molecular weight excluding hydrogens is 320 g/mol. The molecule has 1 atom stereocenters. The van der Waals surface area contributed by atoms with Gasteiger partial charge in [-0.25, -0.2) is 9.48 Å². The Morgan fingerprint density at radius 2 is 2.08 bits per heavy atom. The fourth-order valence-corrected chi connectivity index (χ4v) is 3.09. The minimum absolute atomic E-state index is 0.420. The predicted molar refractivity (Wildman–Crippen MR) is 90.5 cm³/mol. The zero-order valence-corrected chi connectivity index (χ0v) is 13.7. The summed E-state index contributed by atoms with van der Waals surface area (Å²) in [6, 6.07) is 9.32. The van der Waals surface area contributed by atoms with Crippen LogP contribution in [-0.2, 0) is 9.53 Å². The highest BCUT2D eigenvalue weighted by molar-refractivity contribution is 5.92. The molecule has 8 heteroatoms. The molecule has 8 nitrogen and oxygen atoms in total. The second-order valence-electron chi connectivity index (χ2n) is 5.65. The normalized spacial score (nSPS) is 16.3. The highest BCUT2D eigenvalue weighted by Gasteiger charge is 2.36. The number of nitrogens with one attached hydrogen (secondary N) is 2. The number of aromatic nitrogens is 5. The number of hydrogen-bond acceptors (Lipinski definition) is 6. The lowest BCUT2D eigenvalue weighted by atomic mass is 9.94. The Hall–Kier alpha value is -3.42. The molecule has 0 aliphatic carbocycles. The first-order valence-corrected chi connectivity index (χ1v) is 7.75. The third-order valence-electron chi connectivity index (χ3n) is 4.23. The minimum Gasteiger partial charge on any atom is -0.466 e. The van der Waals surface area contributed by atoms with Crippen molar-refractivity contribution in [2.75, 3.05) is 12.4 Å². The average Bonchev–Trinajstić information content (AvgIpc) is 3.29. The van der Waals surface area contributed by atoms with E-state index in [1.54, 1.807) is 10.9 Å². The first kappa shape index (κ1) is 15.1. The van der Waals surface area contributed by atoms with Gasteiger partial charge in [0, 0.05) is 11.3 Å². The molecule has 2 aromatic heterocycles. The molecule has 2 N–H and O–H groups in total. The summed E-state index contributed by atoms with van der Waals surface area (Å²) in [4.78, 5) is 16.7. The molecule has 0 saturated carbocycles. The lowest BCUT2D eigenvalue weighted by Crippen LogP contribution is -2.29. The number of allylic oxidation sites excluding steroid dienone is 1. The van der Waals surface area contributed by atoms with Crippen molar-refractivity contribution in [2.45, 2.75) is 13.0 Å². The van der Waals surface area contributed by atoms with Crippen LogP contribution in [0, 0.1) is 0 Å². The van der Waals surface area contributed by atoms with Gasteiger partial charge < -0.3 is 10.1 Å². The number of rotatable bonds is 3. The molecule has 0 amide bonds. The highest BCUT2D eigenvalue weighted by atomic mass is 16.5. The molecule has 0 saturated heterocycles. The van der Waals surface area contributed by atoms with Crippen molar-refractivity contribution in [3.8, 4) is 11.3 Å². The fourth-order valence-electron chi connectivity index (χ4n) is 3.09. The van der Waals surface area contributed by atoms with Crippen LogP contribution in [0.3, 0.4) is 0 Å². The average molecular weight is 336 g/mol. The summed E-state index contributed by atoms with van der Waals surface area (Å²) in [6.07, 6.45) is 3.16. The topological polar surface area (TPSA) is 97.7 Å². The maximum atomic E-state index is 12.5. The van der Waals surface area contributed by atoms with E-state index in [1.807, 2.05) is 37.3 Å². The molecule has 126 valence electrons. The van der Waals surface area contributed by atoms with Gasteiger partial charge in [0.1, 0.15) is 12.4 Å². The molecule has 0 fully saturated rings. The van der Waals surface area contributed by atoms with Crippen molar-refractivity contribution in [1.82, 2.24) is 25.0 Å². The molecule has 1 aromatic carbocycles. The van der Waals surface area contributed by atoms with Crippen LogP contribution in [0.2, 0.25) is 0 Å². The van der Waals surface area contributed by atoms with E-state index in [-0.39, 0.29) is 0 Å². The van der Waals surface area contributed by atoms with Gasteiger partial charge in [-0.15, -0.1) is 0 Å². The summed E-state index contributed by atoms with van der Waals surface area (Å²) >= 11 is 0. The van der Waals surface area contributed by atoms with Gasteiger partial charge in [0.25, 0.3) is 0 Å². The number of ether oxygens (including phenoxy) is 1. The summed E-state index contributed by atoms with van der Waals surface area (Å²) in [5.41, 5.74) is 3.76. The van der Waals surface area contributed by atoms with Crippen LogP contribution >= 0.6 is 0 Å². The summed E-state index contributed by atoms with van der Waals surface area (Å²) in [5, 5.41) is 14.6. The van der Waals surface area contributed by atoms with Crippen LogP contribution in [0.1, 0.15) is 18.5 Å². The molecule has 1 aliphatic heterocycles. The van der Waals surface area contributed by atoms with Gasteiger partial charge in [-0.05, 0) is 12.5 Å². The van der Waals surface area contributed by atoms with Crippen LogP contribution < -0.4 is 5.32 Å². The van der Waals surface area contributed by atoms with Crippen molar-refractivity contribution in [3.05, 3.63) is 59.7 Å². The number of carbonyl (C=O) groups excluding carboxylic acids is 1. The standard InChI is InChI=1S/C17H16N6O2/c1-10-13(16(24)25-2)15(23-17(21-10)18-9-20-23)12-8-19-22-14(12)11-6-4-3-5-7-11/h3-9,15H,1-2H3,(H,19,22)(H,18,20,21). The van der Waals surface area contributed by atoms with E-state index < -0.39 is 12.0 Å². The maximum absolute atomic E-state index is 12.5. The third kappa shape index (κ3) is 2.38. The number of carbonyl (C=O) groups is 1. The fraction of sp³-hybridized carbons (Fsp3) is 0.176. The Morgan fingerprint density at radius 1 is 1.28 bits per heavy atom. The van der Waals surface area contributed by atoms with E-state index in [9.17, 15) is 4.79 Å². The number of benzene rings is 1. The van der Waals surface area contributed by atoms with E-state index in [4.69, 9.17) is 4.74 Å². The van der Waals surface area contributed by atoms with Gasteiger partial charge in [-0.2, -0.15) is 15.2 Å². The first-order valence-electron chi connectivity index (χ1n) is 7.75. The van der Waals surface area contributed by atoms with Crippen LogP contribution in [0.5, 0.6) is 0 Å². The van der Waals surface area contributed by atoms with Crippen molar-refractivity contribution in [2.24, 2.45) is 0 Å². The minimum atomic E-state index is -0.486. The number of nitrogens with zero attached hydrogens (tertiary/aromatic N) is 4. The van der Waals surface area contributed by atoms with E-state index in [0.29, 0.717) is 17.2 Å². The number of anilines is 1. The third-order valence-corrected chi connectivity index (χ3v) is 4.23. The van der Waals surface area contributed by atoms with Gasteiger partial charge in [0.15, 0.2) is 0 Å². The second-order valence-corrected chi connectivity index (χ2v) is 5.65. The Morgan fingerprint density at radius 3 is 2.84 bits per heavy atom. The zero-order valence-electron chi connectivity index (χ0n) is 13.7. The summed E-state index contributed by atoms with van der Waals surface area (Å²) in [6.45, 7) is 1.82. The molecule has 1 aliphatic rings. The number of hydrogen-bond donors (Lipinski definition) is 2. The molecule has 0 spiro atoms. The van der Waals surface area contributed by atoms with Gasteiger partial charge in [-0.1, -0.05) is 30.3 Å².